The van der Waals surface area contributed by atoms with E-state index < -0.39 is 0 Å². The molecule has 1 aromatic carbocycles. The molecule has 1 aromatic rings. The highest BCUT2D eigenvalue weighted by molar-refractivity contribution is 5.84. The standard InChI is InChI=1S/C10H10N2O/c1-8(10(13)12-7-11)9-5-3-2-4-6-9/h2-6,8H,1H3,(H,12,13). The highest BCUT2D eigenvalue weighted by Crippen LogP contribution is 2.13. The summed E-state index contributed by atoms with van der Waals surface area (Å²) in [6.45, 7) is 1.77. The molecule has 0 bridgehead atoms. The van der Waals surface area contributed by atoms with Gasteiger partial charge in [0.2, 0.25) is 5.91 Å². The zero-order valence-electron chi connectivity index (χ0n) is 7.32. The predicted molar refractivity (Wildman–Crippen MR) is 48.6 cm³/mol. The Morgan fingerprint density at radius 3 is 2.62 bits per heavy atom. The first-order valence-corrected chi connectivity index (χ1v) is 3.99. The second-order valence-electron chi connectivity index (χ2n) is 2.73. The second-order valence-corrected chi connectivity index (χ2v) is 2.73. The van der Waals surface area contributed by atoms with E-state index in [1.54, 1.807) is 13.1 Å². The molecule has 3 nitrogen and oxygen atoms in total. The molecule has 13 heavy (non-hydrogen) atoms. The Balaban J connectivity index is 2.75. The highest BCUT2D eigenvalue weighted by Gasteiger charge is 2.13. The molecule has 0 heterocycles. The number of nitriles is 1. The molecule has 0 saturated carbocycles. The van der Waals surface area contributed by atoms with Crippen LogP contribution in [-0.4, -0.2) is 5.91 Å². The Morgan fingerprint density at radius 2 is 2.08 bits per heavy atom. The largest absolute Gasteiger partial charge is 0.273 e. The Hall–Kier alpha value is -1.82. The molecule has 66 valence electrons. The van der Waals surface area contributed by atoms with Gasteiger partial charge in [-0.25, -0.2) is 0 Å². The van der Waals surface area contributed by atoms with Gasteiger partial charge in [-0.2, -0.15) is 5.26 Å². The summed E-state index contributed by atoms with van der Waals surface area (Å²) in [7, 11) is 0. The lowest BCUT2D eigenvalue weighted by atomic mass is 10.0. The number of rotatable bonds is 2. The molecule has 0 saturated heterocycles. The van der Waals surface area contributed by atoms with Crippen LogP contribution in [0.3, 0.4) is 0 Å². The van der Waals surface area contributed by atoms with Crippen molar-refractivity contribution in [1.82, 2.24) is 5.32 Å². The lowest BCUT2D eigenvalue weighted by Crippen LogP contribution is -2.23. The van der Waals surface area contributed by atoms with Crippen molar-refractivity contribution in [2.45, 2.75) is 12.8 Å². The zero-order valence-corrected chi connectivity index (χ0v) is 7.32. The third kappa shape index (κ3) is 2.31. The van der Waals surface area contributed by atoms with Crippen molar-refractivity contribution in [1.29, 1.82) is 5.26 Å². The van der Waals surface area contributed by atoms with Gasteiger partial charge in [-0.3, -0.25) is 10.1 Å². The van der Waals surface area contributed by atoms with Crippen LogP contribution in [0.15, 0.2) is 30.3 Å². The monoisotopic (exact) mass is 174 g/mol. The molecule has 1 atom stereocenters. The lowest BCUT2D eigenvalue weighted by molar-refractivity contribution is -0.121. The van der Waals surface area contributed by atoms with E-state index in [0.717, 1.165) is 5.56 Å². The number of hydrogen-bond acceptors (Lipinski definition) is 2. The van der Waals surface area contributed by atoms with Crippen molar-refractivity contribution in [2.24, 2.45) is 0 Å². The maximum atomic E-state index is 11.2. The van der Waals surface area contributed by atoms with E-state index in [4.69, 9.17) is 5.26 Å². The lowest BCUT2D eigenvalue weighted by Gasteiger charge is -2.07. The minimum Gasteiger partial charge on any atom is -0.273 e. The van der Waals surface area contributed by atoms with Gasteiger partial charge in [0, 0.05) is 0 Å². The first-order valence-electron chi connectivity index (χ1n) is 3.99. The fourth-order valence-corrected chi connectivity index (χ4v) is 1.06. The van der Waals surface area contributed by atoms with Crippen molar-refractivity contribution < 1.29 is 4.79 Å². The molecule has 0 spiro atoms. The van der Waals surface area contributed by atoms with E-state index in [-0.39, 0.29) is 11.8 Å². The van der Waals surface area contributed by atoms with Crippen molar-refractivity contribution in [3.8, 4) is 6.19 Å². The molecule has 1 unspecified atom stereocenters. The Labute approximate surface area is 77.0 Å². The fourth-order valence-electron chi connectivity index (χ4n) is 1.06. The summed E-state index contributed by atoms with van der Waals surface area (Å²) in [6.07, 6.45) is 1.62. The van der Waals surface area contributed by atoms with Crippen LogP contribution in [0, 0.1) is 11.5 Å². The number of nitrogens with zero attached hydrogens (tertiary/aromatic N) is 1. The summed E-state index contributed by atoms with van der Waals surface area (Å²) < 4.78 is 0. The van der Waals surface area contributed by atoms with Gasteiger partial charge in [0.05, 0.1) is 5.92 Å². The quantitative estimate of drug-likeness (QED) is 0.544. The number of carbonyl (C=O) groups is 1. The number of carbonyl (C=O) groups excluding carboxylic acids is 1. The van der Waals surface area contributed by atoms with Crippen molar-refractivity contribution in [3.63, 3.8) is 0 Å². The number of nitrogens with one attached hydrogen (secondary N) is 1. The summed E-state index contributed by atoms with van der Waals surface area (Å²) in [5.41, 5.74) is 0.912. The van der Waals surface area contributed by atoms with Crippen LogP contribution in [0.2, 0.25) is 0 Å². The fraction of sp³-hybridized carbons (Fsp3) is 0.200. The van der Waals surface area contributed by atoms with Gasteiger partial charge in [0.1, 0.15) is 0 Å². The first-order chi connectivity index (χ1) is 6.25. The van der Waals surface area contributed by atoms with Crippen LogP contribution in [-0.2, 0) is 4.79 Å². The van der Waals surface area contributed by atoms with Gasteiger partial charge >= 0.3 is 0 Å². The molecular formula is C10H10N2O. The minimum atomic E-state index is -0.277. The Kier molecular flexibility index (Phi) is 3.04. The summed E-state index contributed by atoms with van der Waals surface area (Å²) in [5.74, 6) is -0.547. The molecule has 1 rings (SSSR count). The normalized spacial score (nSPS) is 11.4. The van der Waals surface area contributed by atoms with Crippen molar-refractivity contribution in [3.05, 3.63) is 35.9 Å². The van der Waals surface area contributed by atoms with E-state index in [9.17, 15) is 4.79 Å². The maximum absolute atomic E-state index is 11.2. The Bertz CT molecular complexity index is 327. The van der Waals surface area contributed by atoms with Gasteiger partial charge < -0.3 is 0 Å². The zero-order chi connectivity index (χ0) is 9.68. The summed E-state index contributed by atoms with van der Waals surface area (Å²) in [5, 5.41) is 10.4. The minimum absolute atomic E-state index is 0.270. The first kappa shape index (κ1) is 9.27. The van der Waals surface area contributed by atoms with Crippen LogP contribution in [0.25, 0.3) is 0 Å². The SMILES string of the molecule is CC(C(=O)NC#N)c1ccccc1. The molecule has 0 aromatic heterocycles. The maximum Gasteiger partial charge on any atom is 0.240 e. The predicted octanol–water partition coefficient (Wildman–Crippen LogP) is 1.39. The summed E-state index contributed by atoms with van der Waals surface area (Å²) in [4.78, 5) is 11.2. The van der Waals surface area contributed by atoms with Crippen LogP contribution >= 0.6 is 0 Å². The molecule has 1 N–H and O–H groups in total. The number of hydrogen-bond donors (Lipinski definition) is 1. The van der Waals surface area contributed by atoms with Crippen LogP contribution < -0.4 is 5.32 Å². The van der Waals surface area contributed by atoms with Crippen molar-refractivity contribution >= 4 is 5.91 Å². The molecule has 0 aliphatic carbocycles. The van der Waals surface area contributed by atoms with E-state index >= 15 is 0 Å². The molecule has 0 fully saturated rings. The van der Waals surface area contributed by atoms with Gasteiger partial charge in [0.25, 0.3) is 0 Å². The van der Waals surface area contributed by atoms with E-state index in [1.807, 2.05) is 30.3 Å². The molecule has 0 radical (unpaired) electrons. The van der Waals surface area contributed by atoms with Gasteiger partial charge in [0.15, 0.2) is 6.19 Å². The topological polar surface area (TPSA) is 52.9 Å². The van der Waals surface area contributed by atoms with Crippen LogP contribution in [0.5, 0.6) is 0 Å². The van der Waals surface area contributed by atoms with E-state index in [1.165, 1.54) is 0 Å². The summed E-state index contributed by atoms with van der Waals surface area (Å²) in [6, 6.07) is 9.35. The van der Waals surface area contributed by atoms with E-state index in [2.05, 4.69) is 5.32 Å². The van der Waals surface area contributed by atoms with Gasteiger partial charge in [-0.1, -0.05) is 30.3 Å². The third-order valence-corrected chi connectivity index (χ3v) is 1.87. The van der Waals surface area contributed by atoms with Gasteiger partial charge in [-0.05, 0) is 12.5 Å². The average Bonchev–Trinajstić information content (AvgIpc) is 2.18. The molecular weight excluding hydrogens is 164 g/mol. The molecule has 3 heteroatoms. The van der Waals surface area contributed by atoms with Crippen molar-refractivity contribution in [2.75, 3.05) is 0 Å². The molecule has 0 aliphatic heterocycles. The van der Waals surface area contributed by atoms with Crippen LogP contribution in [0.4, 0.5) is 0 Å². The second kappa shape index (κ2) is 4.27. The van der Waals surface area contributed by atoms with E-state index in [0.29, 0.717) is 0 Å². The number of amides is 1. The third-order valence-electron chi connectivity index (χ3n) is 1.87. The Morgan fingerprint density at radius 1 is 1.46 bits per heavy atom. The van der Waals surface area contributed by atoms with Gasteiger partial charge in [-0.15, -0.1) is 0 Å². The molecule has 0 aliphatic rings. The van der Waals surface area contributed by atoms with Crippen LogP contribution in [0.1, 0.15) is 18.4 Å². The highest BCUT2D eigenvalue weighted by atomic mass is 16.1. The number of benzene rings is 1. The molecule has 1 amide bonds. The summed E-state index contributed by atoms with van der Waals surface area (Å²) >= 11 is 0. The smallest absolute Gasteiger partial charge is 0.240 e. The average molecular weight is 174 g/mol.